The summed E-state index contributed by atoms with van der Waals surface area (Å²) in [6.07, 6.45) is 0.994. The topological polar surface area (TPSA) is 46.5 Å². The van der Waals surface area contributed by atoms with Crippen LogP contribution in [0.5, 0.6) is 5.75 Å². The van der Waals surface area contributed by atoms with Crippen LogP contribution in [0.15, 0.2) is 48.5 Å². The smallest absolute Gasteiger partial charge is 0.306 e. The molecular weight excluding hydrogens is 252 g/mol. The van der Waals surface area contributed by atoms with E-state index >= 15 is 0 Å². The molecule has 0 aliphatic carbocycles. The number of rotatable bonds is 5. The molecule has 0 fully saturated rings. The molecule has 2 aromatic rings. The Kier molecular flexibility index (Phi) is 4.77. The molecule has 104 valence electrons. The highest BCUT2D eigenvalue weighted by Crippen LogP contribution is 2.27. The van der Waals surface area contributed by atoms with Gasteiger partial charge in [-0.25, -0.2) is 0 Å². The Bertz CT molecular complexity index is 590. The van der Waals surface area contributed by atoms with Crippen molar-refractivity contribution >= 4 is 5.97 Å². The zero-order valence-electron chi connectivity index (χ0n) is 11.5. The lowest BCUT2D eigenvalue weighted by Gasteiger charge is -2.10. The molecule has 2 rings (SSSR count). The molecule has 0 spiro atoms. The molecule has 0 unspecified atom stereocenters. The van der Waals surface area contributed by atoms with Crippen LogP contribution in [0.4, 0.5) is 0 Å². The molecule has 0 aromatic heterocycles. The molecule has 0 radical (unpaired) electrons. The van der Waals surface area contributed by atoms with Gasteiger partial charge in [0.05, 0.1) is 6.61 Å². The first-order chi connectivity index (χ1) is 9.70. The number of aromatic hydroxyl groups is 1. The summed E-state index contributed by atoms with van der Waals surface area (Å²) in [6, 6.07) is 15.0. The average Bonchev–Trinajstić information content (AvgIpc) is 2.46. The summed E-state index contributed by atoms with van der Waals surface area (Å²) in [5.41, 5.74) is 3.06. The van der Waals surface area contributed by atoms with Crippen molar-refractivity contribution in [3.63, 3.8) is 0 Å². The van der Waals surface area contributed by atoms with Crippen molar-refractivity contribution in [1.82, 2.24) is 0 Å². The molecule has 0 aliphatic rings. The fraction of sp³-hybridized carbons (Fsp3) is 0.235. The maximum absolute atomic E-state index is 11.5. The van der Waals surface area contributed by atoms with E-state index in [9.17, 15) is 9.90 Å². The van der Waals surface area contributed by atoms with Crippen molar-refractivity contribution in [3.8, 4) is 16.9 Å². The number of phenolic OH excluding ortho intramolecular Hbond substituents is 1. The summed E-state index contributed by atoms with van der Waals surface area (Å²) in [4.78, 5) is 11.5. The quantitative estimate of drug-likeness (QED) is 0.845. The second kappa shape index (κ2) is 6.75. The minimum atomic E-state index is -0.182. The van der Waals surface area contributed by atoms with Crippen molar-refractivity contribution < 1.29 is 14.6 Å². The lowest BCUT2D eigenvalue weighted by molar-refractivity contribution is -0.143. The van der Waals surface area contributed by atoms with E-state index in [1.807, 2.05) is 36.4 Å². The molecular formula is C17H18O3. The third-order valence-corrected chi connectivity index (χ3v) is 3.08. The normalized spacial score (nSPS) is 10.2. The van der Waals surface area contributed by atoms with Gasteiger partial charge in [0, 0.05) is 6.42 Å². The van der Waals surface area contributed by atoms with E-state index in [0.717, 1.165) is 16.7 Å². The van der Waals surface area contributed by atoms with Gasteiger partial charge in [-0.2, -0.15) is 0 Å². The van der Waals surface area contributed by atoms with Crippen LogP contribution in [0.3, 0.4) is 0 Å². The zero-order chi connectivity index (χ0) is 14.4. The molecule has 0 aliphatic heterocycles. The van der Waals surface area contributed by atoms with Crippen LogP contribution in [-0.2, 0) is 16.0 Å². The van der Waals surface area contributed by atoms with Crippen LogP contribution < -0.4 is 0 Å². The zero-order valence-corrected chi connectivity index (χ0v) is 11.5. The summed E-state index contributed by atoms with van der Waals surface area (Å²) in [7, 11) is 0. The van der Waals surface area contributed by atoms with Gasteiger partial charge in [0.2, 0.25) is 0 Å². The van der Waals surface area contributed by atoms with E-state index in [2.05, 4.69) is 0 Å². The standard InChI is InChI=1S/C17H18O3/c1-2-20-17(19)11-10-13-6-3-4-9-16(13)14-7-5-8-15(18)12-14/h3-9,12,18H,2,10-11H2,1H3. The summed E-state index contributed by atoms with van der Waals surface area (Å²) in [6.45, 7) is 2.21. The Hall–Kier alpha value is -2.29. The first kappa shape index (κ1) is 14.1. The van der Waals surface area contributed by atoms with Crippen LogP contribution in [0, 0.1) is 0 Å². The Morgan fingerprint density at radius 2 is 1.95 bits per heavy atom. The van der Waals surface area contributed by atoms with Crippen molar-refractivity contribution in [2.45, 2.75) is 19.8 Å². The van der Waals surface area contributed by atoms with E-state index in [4.69, 9.17) is 4.74 Å². The highest BCUT2D eigenvalue weighted by molar-refractivity contribution is 5.72. The number of phenols is 1. The molecule has 0 saturated heterocycles. The number of aryl methyl sites for hydroxylation is 1. The van der Waals surface area contributed by atoms with Gasteiger partial charge in [-0.15, -0.1) is 0 Å². The van der Waals surface area contributed by atoms with E-state index in [-0.39, 0.29) is 11.7 Å². The number of carbonyl (C=O) groups excluding carboxylic acids is 1. The molecule has 0 amide bonds. The summed E-state index contributed by atoms with van der Waals surface area (Å²) >= 11 is 0. The Morgan fingerprint density at radius 3 is 2.70 bits per heavy atom. The average molecular weight is 270 g/mol. The minimum Gasteiger partial charge on any atom is -0.508 e. The van der Waals surface area contributed by atoms with Gasteiger partial charge in [-0.1, -0.05) is 36.4 Å². The van der Waals surface area contributed by atoms with Crippen LogP contribution in [0.2, 0.25) is 0 Å². The van der Waals surface area contributed by atoms with Crippen LogP contribution in [0.25, 0.3) is 11.1 Å². The second-order valence-corrected chi connectivity index (χ2v) is 4.51. The van der Waals surface area contributed by atoms with Gasteiger partial charge in [-0.3, -0.25) is 4.79 Å². The molecule has 0 atom stereocenters. The van der Waals surface area contributed by atoms with Gasteiger partial charge < -0.3 is 9.84 Å². The van der Waals surface area contributed by atoms with Crippen LogP contribution >= 0.6 is 0 Å². The Morgan fingerprint density at radius 1 is 1.15 bits per heavy atom. The monoisotopic (exact) mass is 270 g/mol. The molecule has 3 nitrogen and oxygen atoms in total. The minimum absolute atomic E-state index is 0.182. The van der Waals surface area contributed by atoms with Gasteiger partial charge >= 0.3 is 5.97 Å². The van der Waals surface area contributed by atoms with E-state index in [1.54, 1.807) is 19.1 Å². The number of hydrogen-bond acceptors (Lipinski definition) is 3. The molecule has 0 bridgehead atoms. The number of benzene rings is 2. The maximum atomic E-state index is 11.5. The third kappa shape index (κ3) is 3.60. The maximum Gasteiger partial charge on any atom is 0.306 e. The van der Waals surface area contributed by atoms with Crippen molar-refractivity contribution in [2.75, 3.05) is 6.61 Å². The Labute approximate surface area is 118 Å². The highest BCUT2D eigenvalue weighted by atomic mass is 16.5. The summed E-state index contributed by atoms with van der Waals surface area (Å²) in [5.74, 6) is 0.0564. The number of ether oxygens (including phenoxy) is 1. The molecule has 3 heteroatoms. The lowest BCUT2D eigenvalue weighted by Crippen LogP contribution is -2.05. The molecule has 0 saturated carbocycles. The number of esters is 1. The summed E-state index contributed by atoms with van der Waals surface area (Å²) in [5, 5.41) is 9.58. The first-order valence-electron chi connectivity index (χ1n) is 6.73. The fourth-order valence-electron chi connectivity index (χ4n) is 2.16. The molecule has 0 heterocycles. The highest BCUT2D eigenvalue weighted by Gasteiger charge is 2.08. The van der Waals surface area contributed by atoms with E-state index in [0.29, 0.717) is 19.4 Å². The summed E-state index contributed by atoms with van der Waals surface area (Å²) < 4.78 is 4.95. The predicted molar refractivity (Wildman–Crippen MR) is 78.5 cm³/mol. The predicted octanol–water partition coefficient (Wildman–Crippen LogP) is 3.55. The van der Waals surface area contributed by atoms with Crippen LogP contribution in [-0.4, -0.2) is 17.7 Å². The largest absolute Gasteiger partial charge is 0.508 e. The first-order valence-corrected chi connectivity index (χ1v) is 6.73. The molecule has 1 N–H and O–H groups in total. The number of carbonyl (C=O) groups is 1. The van der Waals surface area contributed by atoms with Gasteiger partial charge in [0.25, 0.3) is 0 Å². The van der Waals surface area contributed by atoms with Crippen LogP contribution in [0.1, 0.15) is 18.9 Å². The van der Waals surface area contributed by atoms with E-state index in [1.165, 1.54) is 0 Å². The second-order valence-electron chi connectivity index (χ2n) is 4.51. The van der Waals surface area contributed by atoms with Crippen molar-refractivity contribution in [3.05, 3.63) is 54.1 Å². The fourth-order valence-corrected chi connectivity index (χ4v) is 2.16. The van der Waals surface area contributed by atoms with Crippen molar-refractivity contribution in [1.29, 1.82) is 0 Å². The third-order valence-electron chi connectivity index (χ3n) is 3.08. The molecule has 20 heavy (non-hydrogen) atoms. The van der Waals surface area contributed by atoms with E-state index < -0.39 is 0 Å². The Balaban J connectivity index is 2.20. The SMILES string of the molecule is CCOC(=O)CCc1ccccc1-c1cccc(O)c1. The van der Waals surface area contributed by atoms with Crippen molar-refractivity contribution in [2.24, 2.45) is 0 Å². The lowest BCUT2D eigenvalue weighted by atomic mass is 9.96. The number of hydrogen-bond donors (Lipinski definition) is 1. The van der Waals surface area contributed by atoms with Gasteiger partial charge in [-0.05, 0) is 42.2 Å². The van der Waals surface area contributed by atoms with Gasteiger partial charge in [0.1, 0.15) is 5.75 Å². The van der Waals surface area contributed by atoms with Gasteiger partial charge in [0.15, 0.2) is 0 Å². The molecule has 2 aromatic carbocycles.